The molecular weight excluding hydrogens is 200 g/mol. The number of rotatable bonds is 4. The maximum absolute atomic E-state index is 12.4. The monoisotopic (exact) mass is 224 g/mol. The highest BCUT2D eigenvalue weighted by molar-refractivity contribution is 5.85. The van der Waals surface area contributed by atoms with E-state index in [9.17, 15) is 4.79 Å². The molecule has 3 nitrogen and oxygen atoms in total. The molecule has 1 unspecified atom stereocenters. The van der Waals surface area contributed by atoms with Gasteiger partial charge in [-0.05, 0) is 51.0 Å². The van der Waals surface area contributed by atoms with Gasteiger partial charge in [-0.2, -0.15) is 0 Å². The molecule has 3 heteroatoms. The van der Waals surface area contributed by atoms with Crippen molar-refractivity contribution in [1.82, 2.24) is 4.90 Å². The predicted octanol–water partition coefficient (Wildman–Crippen LogP) is 1.76. The first-order chi connectivity index (χ1) is 7.72. The summed E-state index contributed by atoms with van der Waals surface area (Å²) >= 11 is 0. The SMILES string of the molecule is CCC1(C(=O)N2CCCC(CCN)C2)CC1. The largest absolute Gasteiger partial charge is 0.342 e. The van der Waals surface area contributed by atoms with Gasteiger partial charge in [-0.15, -0.1) is 0 Å². The average Bonchev–Trinajstić information content (AvgIpc) is 3.10. The van der Waals surface area contributed by atoms with E-state index in [1.165, 1.54) is 6.42 Å². The molecule has 1 heterocycles. The first-order valence-electron chi connectivity index (χ1n) is 6.71. The van der Waals surface area contributed by atoms with Crippen LogP contribution in [0, 0.1) is 11.3 Å². The van der Waals surface area contributed by atoms with E-state index in [0.717, 1.165) is 51.7 Å². The zero-order chi connectivity index (χ0) is 11.6. The standard InChI is InChI=1S/C13H24N2O/c1-2-13(6-7-13)12(16)15-9-3-4-11(10-15)5-8-14/h11H,2-10,14H2,1H3. The Morgan fingerprint density at radius 1 is 1.50 bits per heavy atom. The van der Waals surface area contributed by atoms with Gasteiger partial charge in [-0.3, -0.25) is 4.79 Å². The van der Waals surface area contributed by atoms with Gasteiger partial charge in [0.25, 0.3) is 0 Å². The summed E-state index contributed by atoms with van der Waals surface area (Å²) < 4.78 is 0. The van der Waals surface area contributed by atoms with Crippen molar-refractivity contribution < 1.29 is 4.79 Å². The van der Waals surface area contributed by atoms with Crippen molar-refractivity contribution >= 4 is 5.91 Å². The third-order valence-corrected chi connectivity index (χ3v) is 4.37. The van der Waals surface area contributed by atoms with E-state index in [2.05, 4.69) is 11.8 Å². The lowest BCUT2D eigenvalue weighted by Gasteiger charge is -2.35. The van der Waals surface area contributed by atoms with Crippen LogP contribution in [-0.4, -0.2) is 30.4 Å². The highest BCUT2D eigenvalue weighted by Gasteiger charge is 2.50. The summed E-state index contributed by atoms with van der Waals surface area (Å²) in [5.74, 6) is 1.08. The quantitative estimate of drug-likeness (QED) is 0.791. The summed E-state index contributed by atoms with van der Waals surface area (Å²) in [5.41, 5.74) is 5.65. The number of carbonyl (C=O) groups is 1. The van der Waals surface area contributed by atoms with Crippen LogP contribution in [0.25, 0.3) is 0 Å². The lowest BCUT2D eigenvalue weighted by atomic mass is 9.92. The zero-order valence-corrected chi connectivity index (χ0v) is 10.4. The maximum Gasteiger partial charge on any atom is 0.228 e. The van der Waals surface area contributed by atoms with Crippen LogP contribution < -0.4 is 5.73 Å². The molecule has 0 spiro atoms. The Morgan fingerprint density at radius 3 is 2.81 bits per heavy atom. The third-order valence-electron chi connectivity index (χ3n) is 4.37. The minimum absolute atomic E-state index is 0.0462. The lowest BCUT2D eigenvalue weighted by molar-refractivity contribution is -0.139. The molecule has 1 aliphatic heterocycles. The number of nitrogens with two attached hydrogens (primary N) is 1. The molecule has 2 aliphatic rings. The Kier molecular flexibility index (Phi) is 3.53. The molecule has 0 aromatic heterocycles. The van der Waals surface area contributed by atoms with Crippen LogP contribution in [0.3, 0.4) is 0 Å². The van der Waals surface area contributed by atoms with E-state index in [1.54, 1.807) is 0 Å². The number of carbonyl (C=O) groups excluding carboxylic acids is 1. The summed E-state index contributed by atoms with van der Waals surface area (Å²) in [4.78, 5) is 14.5. The summed E-state index contributed by atoms with van der Waals surface area (Å²) in [6.07, 6.45) is 6.73. The molecule has 1 amide bonds. The molecule has 0 aromatic rings. The topological polar surface area (TPSA) is 46.3 Å². The predicted molar refractivity (Wildman–Crippen MR) is 64.9 cm³/mol. The summed E-state index contributed by atoms with van der Waals surface area (Å²) in [5, 5.41) is 0. The molecule has 92 valence electrons. The summed E-state index contributed by atoms with van der Waals surface area (Å²) in [6.45, 7) is 4.83. The molecule has 1 aliphatic carbocycles. The van der Waals surface area contributed by atoms with Crippen LogP contribution in [0.15, 0.2) is 0 Å². The van der Waals surface area contributed by atoms with Crippen molar-refractivity contribution in [2.45, 2.75) is 45.4 Å². The van der Waals surface area contributed by atoms with E-state index in [4.69, 9.17) is 5.73 Å². The normalized spacial score (nSPS) is 27.9. The van der Waals surface area contributed by atoms with Crippen molar-refractivity contribution in [3.8, 4) is 0 Å². The highest BCUT2D eigenvalue weighted by atomic mass is 16.2. The van der Waals surface area contributed by atoms with Gasteiger partial charge in [0.15, 0.2) is 0 Å². The minimum Gasteiger partial charge on any atom is -0.342 e. The van der Waals surface area contributed by atoms with Crippen molar-refractivity contribution in [3.63, 3.8) is 0 Å². The van der Waals surface area contributed by atoms with Crippen molar-refractivity contribution in [2.75, 3.05) is 19.6 Å². The molecule has 0 aromatic carbocycles. The van der Waals surface area contributed by atoms with Crippen molar-refractivity contribution in [2.24, 2.45) is 17.1 Å². The molecule has 2 rings (SSSR count). The number of hydrogen-bond acceptors (Lipinski definition) is 2. The van der Waals surface area contributed by atoms with E-state index >= 15 is 0 Å². The summed E-state index contributed by atoms with van der Waals surface area (Å²) in [7, 11) is 0. The Balaban J connectivity index is 1.91. The fourth-order valence-electron chi connectivity index (χ4n) is 2.93. The number of amides is 1. The average molecular weight is 224 g/mol. The van der Waals surface area contributed by atoms with Gasteiger partial charge in [0.2, 0.25) is 5.91 Å². The molecule has 2 fully saturated rings. The summed E-state index contributed by atoms with van der Waals surface area (Å²) in [6, 6.07) is 0. The van der Waals surface area contributed by atoms with Gasteiger partial charge >= 0.3 is 0 Å². The van der Waals surface area contributed by atoms with Gasteiger partial charge in [0.05, 0.1) is 0 Å². The Labute approximate surface area is 98.4 Å². The van der Waals surface area contributed by atoms with Gasteiger partial charge in [-0.1, -0.05) is 6.92 Å². The van der Waals surface area contributed by atoms with Crippen LogP contribution in [0.4, 0.5) is 0 Å². The lowest BCUT2D eigenvalue weighted by Crippen LogP contribution is -2.44. The van der Waals surface area contributed by atoms with E-state index in [-0.39, 0.29) is 5.41 Å². The second kappa shape index (κ2) is 4.74. The molecule has 1 atom stereocenters. The molecule has 2 N–H and O–H groups in total. The van der Waals surface area contributed by atoms with Gasteiger partial charge in [0.1, 0.15) is 0 Å². The first-order valence-corrected chi connectivity index (χ1v) is 6.71. The second-order valence-corrected chi connectivity index (χ2v) is 5.47. The Morgan fingerprint density at radius 2 is 2.25 bits per heavy atom. The molecular formula is C13H24N2O. The van der Waals surface area contributed by atoms with Gasteiger partial charge in [-0.25, -0.2) is 0 Å². The smallest absolute Gasteiger partial charge is 0.228 e. The fraction of sp³-hybridized carbons (Fsp3) is 0.923. The second-order valence-electron chi connectivity index (χ2n) is 5.47. The Hall–Kier alpha value is -0.570. The van der Waals surface area contributed by atoms with Gasteiger partial charge < -0.3 is 10.6 Å². The van der Waals surface area contributed by atoms with Crippen LogP contribution in [0.1, 0.15) is 45.4 Å². The number of piperidine rings is 1. The molecule has 0 bridgehead atoms. The van der Waals surface area contributed by atoms with Crippen LogP contribution in [0.5, 0.6) is 0 Å². The minimum atomic E-state index is 0.0462. The van der Waals surface area contributed by atoms with Crippen LogP contribution in [0.2, 0.25) is 0 Å². The first kappa shape index (κ1) is 11.9. The van der Waals surface area contributed by atoms with Gasteiger partial charge in [0, 0.05) is 18.5 Å². The molecule has 1 saturated carbocycles. The van der Waals surface area contributed by atoms with Crippen LogP contribution >= 0.6 is 0 Å². The number of hydrogen-bond donors (Lipinski definition) is 1. The Bertz CT molecular complexity index is 259. The van der Waals surface area contributed by atoms with Crippen LogP contribution in [-0.2, 0) is 4.79 Å². The third kappa shape index (κ3) is 2.24. The molecule has 1 saturated heterocycles. The van der Waals surface area contributed by atoms with Crippen molar-refractivity contribution in [3.05, 3.63) is 0 Å². The van der Waals surface area contributed by atoms with Crippen molar-refractivity contribution in [1.29, 1.82) is 0 Å². The number of likely N-dealkylation sites (tertiary alicyclic amines) is 1. The maximum atomic E-state index is 12.4. The zero-order valence-electron chi connectivity index (χ0n) is 10.4. The number of nitrogens with zero attached hydrogens (tertiary/aromatic N) is 1. The molecule has 0 radical (unpaired) electrons. The van der Waals surface area contributed by atoms with E-state index < -0.39 is 0 Å². The highest BCUT2D eigenvalue weighted by Crippen LogP contribution is 2.50. The molecule has 16 heavy (non-hydrogen) atoms. The van der Waals surface area contributed by atoms with E-state index in [1.807, 2.05) is 0 Å². The fourth-order valence-corrected chi connectivity index (χ4v) is 2.93. The van der Waals surface area contributed by atoms with E-state index in [0.29, 0.717) is 11.8 Å².